The van der Waals surface area contributed by atoms with E-state index in [9.17, 15) is 0 Å². The average molecular weight is 194 g/mol. The van der Waals surface area contributed by atoms with Gasteiger partial charge in [-0.15, -0.1) is 0 Å². The van der Waals surface area contributed by atoms with Gasteiger partial charge in [0.2, 0.25) is 0 Å². The molecule has 76 valence electrons. The number of hydrogen-bond donors (Lipinski definition) is 1. The van der Waals surface area contributed by atoms with Crippen LogP contribution in [-0.2, 0) is 4.74 Å². The highest BCUT2D eigenvalue weighted by Gasteiger charge is 2.38. The van der Waals surface area contributed by atoms with Crippen LogP contribution in [0.3, 0.4) is 0 Å². The maximum atomic E-state index is 9.11. The van der Waals surface area contributed by atoms with Crippen LogP contribution < -0.4 is 4.74 Å². The van der Waals surface area contributed by atoms with Crippen molar-refractivity contribution in [3.05, 3.63) is 30.3 Å². The molecule has 1 aliphatic heterocycles. The summed E-state index contributed by atoms with van der Waals surface area (Å²) in [7, 11) is 0. The minimum atomic E-state index is -0.449. The van der Waals surface area contributed by atoms with Gasteiger partial charge in [-0.05, 0) is 12.1 Å². The number of ether oxygens (including phenoxy) is 2. The second kappa shape index (κ2) is 3.98. The minimum absolute atomic E-state index is 0.0276. The molecule has 1 heterocycles. The monoisotopic (exact) mass is 194 g/mol. The molecule has 0 bridgehead atoms. The Bertz CT molecular complexity index is 274. The Morgan fingerprint density at radius 2 is 2.07 bits per heavy atom. The van der Waals surface area contributed by atoms with Crippen LogP contribution in [0.5, 0.6) is 5.75 Å². The molecule has 0 aliphatic carbocycles. The topological polar surface area (TPSA) is 38.7 Å². The Kier molecular flexibility index (Phi) is 2.70. The molecule has 1 aliphatic rings. The molecular weight excluding hydrogens is 180 g/mol. The first-order valence-electron chi connectivity index (χ1n) is 4.77. The lowest BCUT2D eigenvalue weighted by molar-refractivity contribution is -0.186. The van der Waals surface area contributed by atoms with Gasteiger partial charge in [0, 0.05) is 6.42 Å². The largest absolute Gasteiger partial charge is 0.490 e. The van der Waals surface area contributed by atoms with Gasteiger partial charge in [0.05, 0.1) is 13.2 Å². The van der Waals surface area contributed by atoms with Gasteiger partial charge in [-0.25, -0.2) is 0 Å². The van der Waals surface area contributed by atoms with E-state index in [1.54, 1.807) is 0 Å². The summed E-state index contributed by atoms with van der Waals surface area (Å²) in [6.45, 7) is 1.17. The summed E-state index contributed by atoms with van der Waals surface area (Å²) in [6, 6.07) is 9.56. The van der Waals surface area contributed by atoms with E-state index >= 15 is 0 Å². The van der Waals surface area contributed by atoms with E-state index in [-0.39, 0.29) is 6.61 Å². The number of aliphatic hydroxyl groups excluding tert-OH is 1. The highest BCUT2D eigenvalue weighted by atomic mass is 16.6. The van der Waals surface area contributed by atoms with Crippen molar-refractivity contribution in [1.82, 2.24) is 0 Å². The van der Waals surface area contributed by atoms with E-state index in [4.69, 9.17) is 14.6 Å². The standard InChI is InChI=1S/C11H14O3/c12-8-11(6-7-14-11)9-13-10-4-2-1-3-5-10/h1-5,12H,6-9H2. The zero-order chi connectivity index (χ0) is 9.86. The van der Waals surface area contributed by atoms with Crippen molar-refractivity contribution in [3.63, 3.8) is 0 Å². The Morgan fingerprint density at radius 1 is 1.36 bits per heavy atom. The maximum absolute atomic E-state index is 9.11. The molecule has 3 heteroatoms. The maximum Gasteiger partial charge on any atom is 0.127 e. The summed E-state index contributed by atoms with van der Waals surface area (Å²) in [5.41, 5.74) is -0.449. The molecule has 2 rings (SSSR count). The van der Waals surface area contributed by atoms with Crippen LogP contribution >= 0.6 is 0 Å². The average Bonchev–Trinajstić information content (AvgIpc) is 2.19. The molecule has 1 saturated heterocycles. The fourth-order valence-corrected chi connectivity index (χ4v) is 1.41. The molecule has 1 unspecified atom stereocenters. The van der Waals surface area contributed by atoms with Crippen molar-refractivity contribution in [2.45, 2.75) is 12.0 Å². The quantitative estimate of drug-likeness (QED) is 0.783. The smallest absolute Gasteiger partial charge is 0.127 e. The highest BCUT2D eigenvalue weighted by Crippen LogP contribution is 2.26. The highest BCUT2D eigenvalue weighted by molar-refractivity contribution is 5.21. The Morgan fingerprint density at radius 3 is 2.57 bits per heavy atom. The van der Waals surface area contributed by atoms with E-state index in [1.165, 1.54) is 0 Å². The second-order valence-electron chi connectivity index (χ2n) is 3.54. The van der Waals surface area contributed by atoms with Crippen LogP contribution in [0, 0.1) is 0 Å². The van der Waals surface area contributed by atoms with Gasteiger partial charge in [-0.2, -0.15) is 0 Å². The van der Waals surface area contributed by atoms with E-state index in [0.29, 0.717) is 6.61 Å². The van der Waals surface area contributed by atoms with E-state index in [1.807, 2.05) is 30.3 Å². The third-order valence-corrected chi connectivity index (χ3v) is 2.50. The van der Waals surface area contributed by atoms with Crippen molar-refractivity contribution in [2.24, 2.45) is 0 Å². The van der Waals surface area contributed by atoms with Crippen molar-refractivity contribution in [3.8, 4) is 5.75 Å². The van der Waals surface area contributed by atoms with Gasteiger partial charge >= 0.3 is 0 Å². The fraction of sp³-hybridized carbons (Fsp3) is 0.455. The van der Waals surface area contributed by atoms with Crippen LogP contribution in [0.25, 0.3) is 0 Å². The molecule has 0 radical (unpaired) electrons. The van der Waals surface area contributed by atoms with Gasteiger partial charge < -0.3 is 14.6 Å². The summed E-state index contributed by atoms with van der Waals surface area (Å²) in [5, 5.41) is 9.11. The number of rotatable bonds is 4. The first-order valence-corrected chi connectivity index (χ1v) is 4.77. The Balaban J connectivity index is 1.88. The molecule has 0 amide bonds. The summed E-state index contributed by atoms with van der Waals surface area (Å²) in [6.07, 6.45) is 0.871. The van der Waals surface area contributed by atoms with E-state index in [2.05, 4.69) is 0 Å². The van der Waals surface area contributed by atoms with E-state index in [0.717, 1.165) is 18.8 Å². The molecule has 14 heavy (non-hydrogen) atoms. The van der Waals surface area contributed by atoms with Gasteiger partial charge in [0.15, 0.2) is 0 Å². The van der Waals surface area contributed by atoms with Gasteiger partial charge in [-0.1, -0.05) is 18.2 Å². The van der Waals surface area contributed by atoms with Gasteiger partial charge in [-0.3, -0.25) is 0 Å². The molecule has 1 aromatic carbocycles. The predicted octanol–water partition coefficient (Wildman–Crippen LogP) is 1.22. The third-order valence-electron chi connectivity index (χ3n) is 2.50. The zero-order valence-electron chi connectivity index (χ0n) is 7.98. The summed E-state index contributed by atoms with van der Waals surface area (Å²) in [4.78, 5) is 0. The molecular formula is C11H14O3. The molecule has 0 spiro atoms. The first kappa shape index (κ1) is 9.49. The predicted molar refractivity (Wildman–Crippen MR) is 52.3 cm³/mol. The van der Waals surface area contributed by atoms with Crippen LogP contribution in [0.4, 0.5) is 0 Å². The van der Waals surface area contributed by atoms with Crippen LogP contribution in [0.15, 0.2) is 30.3 Å². The van der Waals surface area contributed by atoms with Crippen molar-refractivity contribution in [2.75, 3.05) is 19.8 Å². The minimum Gasteiger partial charge on any atom is -0.490 e. The number of benzene rings is 1. The third kappa shape index (κ3) is 1.89. The number of para-hydroxylation sites is 1. The van der Waals surface area contributed by atoms with Crippen LogP contribution in [-0.4, -0.2) is 30.5 Å². The summed E-state index contributed by atoms with van der Waals surface area (Å²) < 4.78 is 10.8. The Hall–Kier alpha value is -1.06. The zero-order valence-corrected chi connectivity index (χ0v) is 7.98. The molecule has 1 atom stereocenters. The molecule has 1 aromatic rings. The second-order valence-corrected chi connectivity index (χ2v) is 3.54. The van der Waals surface area contributed by atoms with E-state index < -0.39 is 5.60 Å². The van der Waals surface area contributed by atoms with Crippen LogP contribution in [0.1, 0.15) is 6.42 Å². The molecule has 0 saturated carbocycles. The van der Waals surface area contributed by atoms with Crippen molar-refractivity contribution >= 4 is 0 Å². The SMILES string of the molecule is OCC1(COc2ccccc2)CCO1. The lowest BCUT2D eigenvalue weighted by Gasteiger charge is -2.39. The lowest BCUT2D eigenvalue weighted by atomic mass is 9.97. The lowest BCUT2D eigenvalue weighted by Crippen LogP contribution is -2.51. The normalized spacial score (nSPS) is 25.5. The molecule has 1 fully saturated rings. The number of aliphatic hydroxyl groups is 1. The van der Waals surface area contributed by atoms with Crippen molar-refractivity contribution < 1.29 is 14.6 Å². The van der Waals surface area contributed by atoms with Gasteiger partial charge in [0.25, 0.3) is 0 Å². The van der Waals surface area contributed by atoms with Crippen molar-refractivity contribution in [1.29, 1.82) is 0 Å². The molecule has 3 nitrogen and oxygen atoms in total. The summed E-state index contributed by atoms with van der Waals surface area (Å²) in [5.74, 6) is 0.816. The summed E-state index contributed by atoms with van der Waals surface area (Å²) >= 11 is 0. The van der Waals surface area contributed by atoms with Crippen LogP contribution in [0.2, 0.25) is 0 Å². The first-order chi connectivity index (χ1) is 6.85. The van der Waals surface area contributed by atoms with Gasteiger partial charge in [0.1, 0.15) is 18.0 Å². The Labute approximate surface area is 83.3 Å². The number of hydrogen-bond acceptors (Lipinski definition) is 3. The fourth-order valence-electron chi connectivity index (χ4n) is 1.41. The molecule has 0 aromatic heterocycles. The molecule has 1 N–H and O–H groups in total.